The second-order valence-corrected chi connectivity index (χ2v) is 4.62. The van der Waals surface area contributed by atoms with Crippen molar-refractivity contribution in [2.75, 3.05) is 13.1 Å². The van der Waals surface area contributed by atoms with E-state index in [4.69, 9.17) is 0 Å². The molecule has 3 rings (SSSR count). The molecule has 1 fully saturated rings. The molecule has 1 aliphatic heterocycles. The van der Waals surface area contributed by atoms with Crippen molar-refractivity contribution in [1.29, 1.82) is 0 Å². The minimum absolute atomic E-state index is 0.220. The smallest absolute Gasteiger partial charge is 0.324 e. The monoisotopic (exact) mass is 290 g/mol. The summed E-state index contributed by atoms with van der Waals surface area (Å²) >= 11 is 0. The fourth-order valence-corrected chi connectivity index (χ4v) is 2.18. The number of halogens is 1. The van der Waals surface area contributed by atoms with Crippen LogP contribution in [0.1, 0.15) is 0 Å². The lowest BCUT2D eigenvalue weighted by molar-refractivity contribution is -0.128. The number of hydrogen-bond acceptors (Lipinski definition) is 4. The number of amides is 3. The number of imide groups is 1. The third-order valence-electron chi connectivity index (χ3n) is 3.25. The third kappa shape index (κ3) is 2.35. The van der Waals surface area contributed by atoms with Crippen LogP contribution in [0.4, 0.5) is 9.18 Å². The summed E-state index contributed by atoms with van der Waals surface area (Å²) in [4.78, 5) is 40.6. The number of nitrogens with one attached hydrogen (secondary N) is 1. The molecule has 0 saturated carbocycles. The summed E-state index contributed by atoms with van der Waals surface area (Å²) in [5.41, 5.74) is -0.226. The summed E-state index contributed by atoms with van der Waals surface area (Å²) in [7, 11) is 0. The molecule has 2 aromatic rings. The van der Waals surface area contributed by atoms with Gasteiger partial charge in [-0.25, -0.2) is 14.2 Å². The summed E-state index contributed by atoms with van der Waals surface area (Å²) < 4.78 is 14.2. The highest BCUT2D eigenvalue weighted by atomic mass is 19.1. The van der Waals surface area contributed by atoms with Crippen molar-refractivity contribution in [2.45, 2.75) is 6.54 Å². The first-order chi connectivity index (χ1) is 10.1. The Labute approximate surface area is 118 Å². The Kier molecular flexibility index (Phi) is 3.13. The molecule has 1 aromatic carbocycles. The highest BCUT2D eigenvalue weighted by molar-refractivity contribution is 5.95. The zero-order valence-corrected chi connectivity index (χ0v) is 10.9. The van der Waals surface area contributed by atoms with Crippen molar-refractivity contribution < 1.29 is 14.0 Å². The van der Waals surface area contributed by atoms with Crippen molar-refractivity contribution in [3.8, 4) is 0 Å². The topological polar surface area (TPSA) is 84.3 Å². The van der Waals surface area contributed by atoms with Crippen LogP contribution in [0, 0.1) is 5.82 Å². The van der Waals surface area contributed by atoms with Gasteiger partial charge in [-0.05, 0) is 12.1 Å². The van der Waals surface area contributed by atoms with E-state index < -0.39 is 23.3 Å². The van der Waals surface area contributed by atoms with E-state index in [1.807, 2.05) is 0 Å². The minimum atomic E-state index is -0.490. The molecule has 108 valence electrons. The Morgan fingerprint density at radius 1 is 1.38 bits per heavy atom. The largest absolute Gasteiger partial charge is 0.336 e. The van der Waals surface area contributed by atoms with E-state index in [1.165, 1.54) is 12.4 Å². The molecule has 0 atom stereocenters. The van der Waals surface area contributed by atoms with Crippen LogP contribution in [0.5, 0.6) is 0 Å². The molecule has 0 radical (unpaired) electrons. The van der Waals surface area contributed by atoms with Gasteiger partial charge in [0, 0.05) is 19.2 Å². The normalized spacial score (nSPS) is 14.5. The molecule has 1 aromatic heterocycles. The van der Waals surface area contributed by atoms with Crippen LogP contribution >= 0.6 is 0 Å². The van der Waals surface area contributed by atoms with E-state index in [9.17, 15) is 18.8 Å². The predicted molar refractivity (Wildman–Crippen MR) is 71.1 cm³/mol. The standard InChI is InChI=1S/C13H11FN4O3/c14-8-1-2-9-10(5-8)16-7-17(12(9)20)6-11(19)18-4-3-15-13(18)21/h1-2,5,7H,3-4,6H2,(H,15,21). The van der Waals surface area contributed by atoms with E-state index in [2.05, 4.69) is 10.3 Å². The molecule has 1 aliphatic rings. The maximum Gasteiger partial charge on any atom is 0.324 e. The molecule has 7 nitrogen and oxygen atoms in total. The van der Waals surface area contributed by atoms with Gasteiger partial charge in [0.25, 0.3) is 11.5 Å². The zero-order valence-electron chi connectivity index (χ0n) is 10.9. The summed E-state index contributed by atoms with van der Waals surface area (Å²) in [6.45, 7) is 0.389. The number of rotatable bonds is 2. The van der Waals surface area contributed by atoms with Gasteiger partial charge in [0.2, 0.25) is 0 Å². The SMILES string of the molecule is O=C(Cn1cnc2cc(F)ccc2c1=O)N1CCNC1=O. The van der Waals surface area contributed by atoms with Crippen LogP contribution in [0.25, 0.3) is 10.9 Å². The van der Waals surface area contributed by atoms with Gasteiger partial charge < -0.3 is 5.32 Å². The minimum Gasteiger partial charge on any atom is -0.336 e. The third-order valence-corrected chi connectivity index (χ3v) is 3.25. The molecular formula is C13H11FN4O3. The number of hydrogen-bond donors (Lipinski definition) is 1. The first-order valence-electron chi connectivity index (χ1n) is 6.29. The second-order valence-electron chi connectivity index (χ2n) is 4.62. The van der Waals surface area contributed by atoms with Gasteiger partial charge in [-0.15, -0.1) is 0 Å². The Balaban J connectivity index is 1.92. The predicted octanol–water partition coefficient (Wildman–Crippen LogP) is 0.0874. The molecule has 8 heteroatoms. The number of carbonyl (C=O) groups excluding carboxylic acids is 2. The lowest BCUT2D eigenvalue weighted by Gasteiger charge is -2.13. The average Bonchev–Trinajstić information content (AvgIpc) is 2.88. The van der Waals surface area contributed by atoms with Gasteiger partial charge in [-0.1, -0.05) is 0 Å². The lowest BCUT2D eigenvalue weighted by Crippen LogP contribution is -2.38. The van der Waals surface area contributed by atoms with E-state index in [1.54, 1.807) is 0 Å². The molecule has 2 heterocycles. The molecule has 3 amide bonds. The fourth-order valence-electron chi connectivity index (χ4n) is 2.18. The zero-order chi connectivity index (χ0) is 15.0. The maximum atomic E-state index is 13.1. The van der Waals surface area contributed by atoms with Crippen LogP contribution < -0.4 is 10.9 Å². The molecule has 0 bridgehead atoms. The van der Waals surface area contributed by atoms with Gasteiger partial charge >= 0.3 is 6.03 Å². The van der Waals surface area contributed by atoms with Crippen molar-refractivity contribution in [1.82, 2.24) is 19.8 Å². The second kappa shape index (κ2) is 4.97. The lowest BCUT2D eigenvalue weighted by atomic mass is 10.2. The van der Waals surface area contributed by atoms with Crippen molar-refractivity contribution in [3.63, 3.8) is 0 Å². The highest BCUT2D eigenvalue weighted by Gasteiger charge is 2.26. The van der Waals surface area contributed by atoms with Crippen LogP contribution in [-0.4, -0.2) is 39.5 Å². The number of aromatic nitrogens is 2. The first kappa shape index (κ1) is 13.2. The quantitative estimate of drug-likeness (QED) is 0.849. The Morgan fingerprint density at radius 2 is 2.19 bits per heavy atom. The van der Waals surface area contributed by atoms with Crippen molar-refractivity contribution >= 4 is 22.8 Å². The van der Waals surface area contributed by atoms with E-state index >= 15 is 0 Å². The molecule has 0 unspecified atom stereocenters. The van der Waals surface area contributed by atoms with Crippen LogP contribution in [0.2, 0.25) is 0 Å². The highest BCUT2D eigenvalue weighted by Crippen LogP contribution is 2.08. The van der Waals surface area contributed by atoms with Gasteiger partial charge in [-0.3, -0.25) is 19.1 Å². The average molecular weight is 290 g/mol. The number of nitrogens with zero attached hydrogens (tertiary/aromatic N) is 3. The molecular weight excluding hydrogens is 279 g/mol. The molecule has 21 heavy (non-hydrogen) atoms. The number of carbonyl (C=O) groups is 2. The number of urea groups is 1. The van der Waals surface area contributed by atoms with E-state index in [0.29, 0.717) is 6.54 Å². The van der Waals surface area contributed by atoms with Crippen LogP contribution in [0.15, 0.2) is 29.3 Å². The fraction of sp³-hybridized carbons (Fsp3) is 0.231. The summed E-state index contributed by atoms with van der Waals surface area (Å²) in [5, 5.41) is 2.73. The molecule has 0 spiro atoms. The summed E-state index contributed by atoms with van der Waals surface area (Å²) in [5.74, 6) is -0.979. The molecule has 1 N–H and O–H groups in total. The summed E-state index contributed by atoms with van der Waals surface area (Å²) in [6.07, 6.45) is 1.18. The van der Waals surface area contributed by atoms with Gasteiger partial charge in [0.05, 0.1) is 17.2 Å². The summed E-state index contributed by atoms with van der Waals surface area (Å²) in [6, 6.07) is 3.16. The van der Waals surface area contributed by atoms with Crippen LogP contribution in [-0.2, 0) is 11.3 Å². The van der Waals surface area contributed by atoms with Gasteiger partial charge in [-0.2, -0.15) is 0 Å². The van der Waals surface area contributed by atoms with E-state index in [-0.39, 0.29) is 24.0 Å². The number of fused-ring (bicyclic) bond motifs is 1. The van der Waals surface area contributed by atoms with E-state index in [0.717, 1.165) is 21.6 Å². The number of benzene rings is 1. The maximum absolute atomic E-state index is 13.1. The molecule has 0 aliphatic carbocycles. The van der Waals surface area contributed by atoms with Crippen molar-refractivity contribution in [3.05, 3.63) is 40.7 Å². The Morgan fingerprint density at radius 3 is 2.90 bits per heavy atom. The van der Waals surface area contributed by atoms with Crippen LogP contribution in [0.3, 0.4) is 0 Å². The Hall–Kier alpha value is -2.77. The Bertz CT molecular complexity index is 802. The molecule has 1 saturated heterocycles. The van der Waals surface area contributed by atoms with Crippen molar-refractivity contribution in [2.24, 2.45) is 0 Å². The van der Waals surface area contributed by atoms with Gasteiger partial charge in [0.15, 0.2) is 0 Å². The first-order valence-corrected chi connectivity index (χ1v) is 6.29. The van der Waals surface area contributed by atoms with Gasteiger partial charge in [0.1, 0.15) is 12.4 Å².